The van der Waals surface area contributed by atoms with E-state index in [1.807, 2.05) is 0 Å². The van der Waals surface area contributed by atoms with E-state index >= 15 is 0 Å². The number of carbonyl (C=O) groups is 2. The predicted octanol–water partition coefficient (Wildman–Crippen LogP) is 0.810. The quantitative estimate of drug-likeness (QED) is 0.762. The molecule has 2 fully saturated rings. The van der Waals surface area contributed by atoms with Gasteiger partial charge in [0.15, 0.2) is 11.9 Å². The largest absolute Gasteiger partial charge is 0.451 e. The van der Waals surface area contributed by atoms with Gasteiger partial charge in [-0.15, -0.1) is 4.40 Å². The van der Waals surface area contributed by atoms with Crippen LogP contribution in [0.1, 0.15) is 38.2 Å². The van der Waals surface area contributed by atoms with E-state index in [1.165, 1.54) is 6.07 Å². The van der Waals surface area contributed by atoms with E-state index in [2.05, 4.69) is 9.71 Å². The molecule has 0 bridgehead atoms. The average Bonchev–Trinajstić information content (AvgIpc) is 3.23. The molecule has 0 radical (unpaired) electrons. The number of nitrogens with zero attached hydrogens (tertiary/aromatic N) is 2. The van der Waals surface area contributed by atoms with Crippen LogP contribution < -0.4 is 5.32 Å². The zero-order valence-corrected chi connectivity index (χ0v) is 15.7. The highest BCUT2D eigenvalue weighted by atomic mass is 32.2. The van der Waals surface area contributed by atoms with Gasteiger partial charge in [0, 0.05) is 18.2 Å². The average molecular weight is 391 g/mol. The minimum Gasteiger partial charge on any atom is -0.451 e. The minimum atomic E-state index is -3.75. The molecule has 3 aliphatic rings. The second kappa shape index (κ2) is 6.63. The first-order valence-corrected chi connectivity index (χ1v) is 10.5. The molecular weight excluding hydrogens is 370 g/mol. The van der Waals surface area contributed by atoms with Crippen LogP contribution in [0.15, 0.2) is 33.6 Å². The molecule has 1 aromatic carbocycles. The Kier molecular flexibility index (Phi) is 4.41. The van der Waals surface area contributed by atoms with Crippen molar-refractivity contribution < 1.29 is 22.7 Å². The van der Waals surface area contributed by atoms with Crippen LogP contribution in [0.5, 0.6) is 0 Å². The van der Waals surface area contributed by atoms with Crippen molar-refractivity contribution in [3.63, 3.8) is 0 Å². The standard InChI is InChI=1S/C18H21N3O5S/c1-11(17(22)19-12-8-9-12)26-18(23)14-6-4-10-21(14)16-13-5-2-3-7-15(13)27(24,25)20-16/h2-3,5,7,11-12,14H,4,6,8-10H2,1H3,(H,19,22)/t11-,14+/m1/s1. The summed E-state index contributed by atoms with van der Waals surface area (Å²) in [6.45, 7) is 2.05. The molecule has 4 rings (SSSR count). The van der Waals surface area contributed by atoms with E-state index in [9.17, 15) is 18.0 Å². The molecule has 8 nitrogen and oxygen atoms in total. The summed E-state index contributed by atoms with van der Waals surface area (Å²) in [5.74, 6) is -0.558. The van der Waals surface area contributed by atoms with E-state index in [0.29, 0.717) is 24.9 Å². The third kappa shape index (κ3) is 3.43. The Morgan fingerprint density at radius 2 is 2.00 bits per heavy atom. The zero-order chi connectivity index (χ0) is 19.2. The molecular formula is C18H21N3O5S. The molecule has 0 spiro atoms. The lowest BCUT2D eigenvalue weighted by atomic mass is 10.1. The van der Waals surface area contributed by atoms with Gasteiger partial charge in [-0.25, -0.2) is 4.79 Å². The molecule has 2 heterocycles. The highest BCUT2D eigenvalue weighted by Crippen LogP contribution is 2.31. The lowest BCUT2D eigenvalue weighted by molar-refractivity contribution is -0.158. The molecule has 1 N–H and O–H groups in total. The number of hydrogen-bond acceptors (Lipinski definition) is 6. The van der Waals surface area contributed by atoms with Crippen molar-refractivity contribution >= 4 is 27.7 Å². The number of amides is 1. The van der Waals surface area contributed by atoms with Crippen LogP contribution in [0, 0.1) is 0 Å². The first-order valence-electron chi connectivity index (χ1n) is 9.09. The van der Waals surface area contributed by atoms with Gasteiger partial charge in [0.25, 0.3) is 15.9 Å². The highest BCUT2D eigenvalue weighted by molar-refractivity contribution is 7.90. The van der Waals surface area contributed by atoms with Crippen molar-refractivity contribution in [1.82, 2.24) is 10.2 Å². The summed E-state index contributed by atoms with van der Waals surface area (Å²) in [6.07, 6.45) is 2.26. The number of benzene rings is 1. The van der Waals surface area contributed by atoms with Crippen molar-refractivity contribution in [2.24, 2.45) is 4.40 Å². The van der Waals surface area contributed by atoms with Gasteiger partial charge in [-0.2, -0.15) is 8.42 Å². The van der Waals surface area contributed by atoms with Gasteiger partial charge in [-0.3, -0.25) is 4.79 Å². The molecule has 1 aromatic rings. The van der Waals surface area contributed by atoms with E-state index in [1.54, 1.807) is 30.0 Å². The summed E-state index contributed by atoms with van der Waals surface area (Å²) in [5.41, 5.74) is 0.497. The number of sulfonamides is 1. The first kappa shape index (κ1) is 18.0. The monoisotopic (exact) mass is 391 g/mol. The van der Waals surface area contributed by atoms with Gasteiger partial charge >= 0.3 is 5.97 Å². The SMILES string of the molecule is C[C@@H](OC(=O)[C@@H]1CCCN1C1=NS(=O)(=O)c2ccccc21)C(=O)NC1CC1. The predicted molar refractivity (Wildman–Crippen MR) is 96.6 cm³/mol. The minimum absolute atomic E-state index is 0.149. The topological polar surface area (TPSA) is 105 Å². The summed E-state index contributed by atoms with van der Waals surface area (Å²) in [7, 11) is -3.75. The molecule has 9 heteroatoms. The van der Waals surface area contributed by atoms with E-state index in [-0.39, 0.29) is 22.7 Å². The fourth-order valence-corrected chi connectivity index (χ4v) is 4.63. The summed E-state index contributed by atoms with van der Waals surface area (Å²) in [6, 6.07) is 6.12. The normalized spacial score (nSPS) is 24.1. The van der Waals surface area contributed by atoms with Gasteiger partial charge < -0.3 is 15.0 Å². The zero-order valence-electron chi connectivity index (χ0n) is 14.9. The van der Waals surface area contributed by atoms with E-state index in [4.69, 9.17) is 4.74 Å². The van der Waals surface area contributed by atoms with E-state index < -0.39 is 28.1 Å². The van der Waals surface area contributed by atoms with Crippen molar-refractivity contribution in [1.29, 1.82) is 0 Å². The van der Waals surface area contributed by atoms with Crippen LogP contribution in [0.25, 0.3) is 0 Å². The molecule has 0 unspecified atom stereocenters. The maximum atomic E-state index is 12.7. The van der Waals surface area contributed by atoms with Crippen molar-refractivity contribution in [3.05, 3.63) is 29.8 Å². The Hall–Kier alpha value is -2.42. The summed E-state index contributed by atoms with van der Waals surface area (Å²) < 4.78 is 33.8. The lowest BCUT2D eigenvalue weighted by Gasteiger charge is -2.26. The number of amidine groups is 1. The molecule has 1 saturated carbocycles. The van der Waals surface area contributed by atoms with Crippen molar-refractivity contribution in [2.75, 3.05) is 6.54 Å². The molecule has 2 aliphatic heterocycles. The van der Waals surface area contributed by atoms with Crippen LogP contribution in [0.4, 0.5) is 0 Å². The van der Waals surface area contributed by atoms with Crippen LogP contribution >= 0.6 is 0 Å². The summed E-state index contributed by atoms with van der Waals surface area (Å²) in [5, 5.41) is 2.81. The van der Waals surface area contributed by atoms with Crippen LogP contribution in [-0.2, 0) is 24.3 Å². The summed E-state index contributed by atoms with van der Waals surface area (Å²) >= 11 is 0. The first-order chi connectivity index (χ1) is 12.9. The van der Waals surface area contributed by atoms with Crippen molar-refractivity contribution in [2.45, 2.75) is 55.7 Å². The molecule has 1 amide bonds. The Morgan fingerprint density at radius 1 is 1.26 bits per heavy atom. The lowest BCUT2D eigenvalue weighted by Crippen LogP contribution is -2.44. The number of ether oxygens (including phenoxy) is 1. The third-order valence-electron chi connectivity index (χ3n) is 5.00. The van der Waals surface area contributed by atoms with Gasteiger partial charge in [-0.05, 0) is 44.7 Å². The Bertz CT molecular complexity index is 923. The number of rotatable bonds is 4. The molecule has 2 atom stereocenters. The Labute approximate surface area is 157 Å². The summed E-state index contributed by atoms with van der Waals surface area (Å²) in [4.78, 5) is 26.5. The Balaban J connectivity index is 1.51. The maximum absolute atomic E-state index is 12.7. The fraction of sp³-hybridized carbons (Fsp3) is 0.500. The van der Waals surface area contributed by atoms with Crippen LogP contribution in [-0.4, -0.2) is 55.8 Å². The Morgan fingerprint density at radius 3 is 2.74 bits per heavy atom. The van der Waals surface area contributed by atoms with Gasteiger partial charge in [0.1, 0.15) is 10.9 Å². The van der Waals surface area contributed by atoms with Crippen LogP contribution in [0.3, 0.4) is 0 Å². The fourth-order valence-electron chi connectivity index (χ4n) is 3.41. The number of nitrogens with one attached hydrogen (secondary N) is 1. The van der Waals surface area contributed by atoms with E-state index in [0.717, 1.165) is 12.8 Å². The molecule has 1 saturated heterocycles. The van der Waals surface area contributed by atoms with Gasteiger partial charge in [0.05, 0.1) is 0 Å². The second-order valence-electron chi connectivity index (χ2n) is 7.10. The molecule has 1 aliphatic carbocycles. The number of hydrogen-bond donors (Lipinski definition) is 1. The van der Waals surface area contributed by atoms with Crippen molar-refractivity contribution in [3.8, 4) is 0 Å². The van der Waals surface area contributed by atoms with Gasteiger partial charge in [0.2, 0.25) is 0 Å². The smallest absolute Gasteiger partial charge is 0.329 e. The molecule has 0 aromatic heterocycles. The molecule has 144 valence electrons. The molecule has 27 heavy (non-hydrogen) atoms. The third-order valence-corrected chi connectivity index (χ3v) is 6.32. The highest BCUT2D eigenvalue weighted by Gasteiger charge is 2.40. The number of esters is 1. The van der Waals surface area contributed by atoms with Gasteiger partial charge in [-0.1, -0.05) is 12.1 Å². The number of carbonyl (C=O) groups excluding carboxylic acids is 2. The second-order valence-corrected chi connectivity index (χ2v) is 8.67. The maximum Gasteiger partial charge on any atom is 0.329 e. The number of likely N-dealkylation sites (tertiary alicyclic amines) is 1. The van der Waals surface area contributed by atoms with Crippen LogP contribution in [0.2, 0.25) is 0 Å². The number of fused-ring (bicyclic) bond motifs is 1.